The van der Waals surface area contributed by atoms with Crippen LogP contribution < -0.4 is 19.5 Å². The lowest BCUT2D eigenvalue weighted by Crippen LogP contribution is -2.04. The highest BCUT2D eigenvalue weighted by molar-refractivity contribution is 5.50. The van der Waals surface area contributed by atoms with Gasteiger partial charge in [-0.1, -0.05) is 6.07 Å². The molecule has 0 amide bonds. The Morgan fingerprint density at radius 3 is 2.57 bits per heavy atom. The molecule has 21 heavy (non-hydrogen) atoms. The number of anilines is 1. The number of hydrogen-bond acceptors (Lipinski definition) is 5. The number of nitrogens with zero attached hydrogens (tertiary/aromatic N) is 1. The summed E-state index contributed by atoms with van der Waals surface area (Å²) >= 11 is 0. The molecule has 0 saturated carbocycles. The van der Waals surface area contributed by atoms with E-state index in [2.05, 4.69) is 10.3 Å². The first kappa shape index (κ1) is 15.0. The van der Waals surface area contributed by atoms with E-state index in [0.29, 0.717) is 24.7 Å². The van der Waals surface area contributed by atoms with E-state index in [4.69, 9.17) is 14.2 Å². The summed E-state index contributed by atoms with van der Waals surface area (Å²) in [6.45, 7) is 3.18. The molecular weight excluding hydrogens is 268 g/mol. The minimum Gasteiger partial charge on any atom is -0.493 e. The standard InChI is InChI=1S/C16H20N2O3/c1-4-21-14-6-5-9-17-16(14)18-11-12-7-8-13(19-2)15(10-12)20-3/h5-10H,4,11H2,1-3H3,(H,17,18). The Balaban J connectivity index is 2.09. The van der Waals surface area contributed by atoms with Gasteiger partial charge < -0.3 is 19.5 Å². The van der Waals surface area contributed by atoms with Crippen LogP contribution in [0.5, 0.6) is 17.2 Å². The lowest BCUT2D eigenvalue weighted by molar-refractivity contribution is 0.340. The third-order valence-corrected chi connectivity index (χ3v) is 2.98. The van der Waals surface area contributed by atoms with Gasteiger partial charge in [0.25, 0.3) is 0 Å². The Morgan fingerprint density at radius 1 is 1.05 bits per heavy atom. The number of benzene rings is 1. The van der Waals surface area contributed by atoms with Crippen molar-refractivity contribution in [3.05, 3.63) is 42.1 Å². The van der Waals surface area contributed by atoms with Crippen LogP contribution in [0.25, 0.3) is 0 Å². The number of rotatable bonds is 7. The first-order valence-electron chi connectivity index (χ1n) is 6.81. The van der Waals surface area contributed by atoms with Crippen LogP contribution in [-0.2, 0) is 6.54 Å². The maximum atomic E-state index is 5.54. The first-order chi connectivity index (χ1) is 10.3. The zero-order valence-corrected chi connectivity index (χ0v) is 12.6. The van der Waals surface area contributed by atoms with Gasteiger partial charge >= 0.3 is 0 Å². The average Bonchev–Trinajstić information content (AvgIpc) is 2.54. The zero-order valence-electron chi connectivity index (χ0n) is 12.6. The van der Waals surface area contributed by atoms with E-state index in [1.54, 1.807) is 20.4 Å². The van der Waals surface area contributed by atoms with Gasteiger partial charge in [0.05, 0.1) is 20.8 Å². The van der Waals surface area contributed by atoms with Gasteiger partial charge in [-0.3, -0.25) is 0 Å². The van der Waals surface area contributed by atoms with Gasteiger partial charge in [0.1, 0.15) is 0 Å². The summed E-state index contributed by atoms with van der Waals surface area (Å²) < 4.78 is 16.1. The van der Waals surface area contributed by atoms with E-state index in [0.717, 1.165) is 17.1 Å². The molecule has 0 unspecified atom stereocenters. The van der Waals surface area contributed by atoms with Gasteiger partial charge in [0, 0.05) is 12.7 Å². The van der Waals surface area contributed by atoms with E-state index in [-0.39, 0.29) is 0 Å². The third kappa shape index (κ3) is 3.78. The van der Waals surface area contributed by atoms with Gasteiger partial charge in [-0.25, -0.2) is 4.98 Å². The number of hydrogen-bond donors (Lipinski definition) is 1. The number of ether oxygens (including phenoxy) is 3. The Morgan fingerprint density at radius 2 is 1.86 bits per heavy atom. The summed E-state index contributed by atoms with van der Waals surface area (Å²) in [6, 6.07) is 9.56. The molecule has 0 aliphatic rings. The molecule has 5 nitrogen and oxygen atoms in total. The number of methoxy groups -OCH3 is 2. The molecule has 1 aromatic carbocycles. The largest absolute Gasteiger partial charge is 0.493 e. The molecule has 0 fully saturated rings. The fourth-order valence-electron chi connectivity index (χ4n) is 1.97. The van der Waals surface area contributed by atoms with Gasteiger partial charge in [0.2, 0.25) is 0 Å². The van der Waals surface area contributed by atoms with Crippen molar-refractivity contribution in [2.24, 2.45) is 0 Å². The van der Waals surface area contributed by atoms with Crippen LogP contribution in [-0.4, -0.2) is 25.8 Å². The Hall–Kier alpha value is -2.43. The van der Waals surface area contributed by atoms with Crippen molar-refractivity contribution in [3.63, 3.8) is 0 Å². The maximum Gasteiger partial charge on any atom is 0.169 e. The molecular formula is C16H20N2O3. The van der Waals surface area contributed by atoms with Crippen molar-refractivity contribution < 1.29 is 14.2 Å². The fraction of sp³-hybridized carbons (Fsp3) is 0.312. The maximum absolute atomic E-state index is 5.54. The van der Waals surface area contributed by atoms with E-state index in [9.17, 15) is 0 Å². The summed E-state index contributed by atoms with van der Waals surface area (Å²) in [6.07, 6.45) is 1.74. The monoisotopic (exact) mass is 288 g/mol. The normalized spacial score (nSPS) is 10.0. The van der Waals surface area contributed by atoms with Crippen LogP contribution in [0.4, 0.5) is 5.82 Å². The second-order valence-electron chi connectivity index (χ2n) is 4.33. The van der Waals surface area contributed by atoms with Crippen molar-refractivity contribution in [3.8, 4) is 17.2 Å². The molecule has 0 aliphatic carbocycles. The molecule has 112 valence electrons. The molecule has 2 aromatic rings. The number of pyridine rings is 1. The van der Waals surface area contributed by atoms with E-state index in [1.807, 2.05) is 37.3 Å². The molecule has 1 aromatic heterocycles. The Labute approximate surface area is 124 Å². The SMILES string of the molecule is CCOc1cccnc1NCc1ccc(OC)c(OC)c1. The number of nitrogens with one attached hydrogen (secondary N) is 1. The third-order valence-electron chi connectivity index (χ3n) is 2.98. The van der Waals surface area contributed by atoms with E-state index < -0.39 is 0 Å². The predicted molar refractivity (Wildman–Crippen MR) is 82.3 cm³/mol. The Kier molecular flexibility index (Phi) is 5.26. The predicted octanol–water partition coefficient (Wildman–Crippen LogP) is 3.11. The highest BCUT2D eigenvalue weighted by atomic mass is 16.5. The molecule has 5 heteroatoms. The summed E-state index contributed by atoms with van der Waals surface area (Å²) in [5.41, 5.74) is 1.07. The van der Waals surface area contributed by atoms with Crippen LogP contribution in [0.3, 0.4) is 0 Å². The van der Waals surface area contributed by atoms with Crippen LogP contribution in [0, 0.1) is 0 Å². The van der Waals surface area contributed by atoms with Crippen molar-refractivity contribution in [2.45, 2.75) is 13.5 Å². The molecule has 0 radical (unpaired) electrons. The molecule has 2 rings (SSSR count). The molecule has 0 bridgehead atoms. The van der Waals surface area contributed by atoms with Crippen molar-refractivity contribution in [1.82, 2.24) is 4.98 Å². The van der Waals surface area contributed by atoms with Crippen LogP contribution >= 0.6 is 0 Å². The average molecular weight is 288 g/mol. The van der Waals surface area contributed by atoms with Gasteiger partial charge in [0.15, 0.2) is 23.1 Å². The van der Waals surface area contributed by atoms with Gasteiger partial charge in [-0.2, -0.15) is 0 Å². The highest BCUT2D eigenvalue weighted by Crippen LogP contribution is 2.28. The van der Waals surface area contributed by atoms with E-state index in [1.165, 1.54) is 0 Å². The lowest BCUT2D eigenvalue weighted by atomic mass is 10.2. The second-order valence-corrected chi connectivity index (χ2v) is 4.33. The van der Waals surface area contributed by atoms with Crippen LogP contribution in [0.15, 0.2) is 36.5 Å². The topological polar surface area (TPSA) is 52.6 Å². The summed E-state index contributed by atoms with van der Waals surface area (Å²) in [5, 5.41) is 3.27. The van der Waals surface area contributed by atoms with Crippen LogP contribution in [0.1, 0.15) is 12.5 Å². The zero-order chi connectivity index (χ0) is 15.1. The van der Waals surface area contributed by atoms with Crippen molar-refractivity contribution >= 4 is 5.82 Å². The molecule has 0 atom stereocenters. The summed E-state index contributed by atoms with van der Waals surface area (Å²) in [7, 11) is 3.25. The highest BCUT2D eigenvalue weighted by Gasteiger charge is 2.06. The molecule has 0 aliphatic heterocycles. The summed E-state index contributed by atoms with van der Waals surface area (Å²) in [4.78, 5) is 4.30. The van der Waals surface area contributed by atoms with Crippen LogP contribution in [0.2, 0.25) is 0 Å². The van der Waals surface area contributed by atoms with E-state index >= 15 is 0 Å². The molecule has 1 N–H and O–H groups in total. The lowest BCUT2D eigenvalue weighted by Gasteiger charge is -2.12. The molecule has 0 spiro atoms. The van der Waals surface area contributed by atoms with Crippen molar-refractivity contribution in [2.75, 3.05) is 26.1 Å². The Bertz CT molecular complexity index is 587. The van der Waals surface area contributed by atoms with Gasteiger partial charge in [-0.15, -0.1) is 0 Å². The van der Waals surface area contributed by atoms with Crippen molar-refractivity contribution in [1.29, 1.82) is 0 Å². The van der Waals surface area contributed by atoms with Gasteiger partial charge in [-0.05, 0) is 36.8 Å². The smallest absolute Gasteiger partial charge is 0.169 e. The summed E-state index contributed by atoms with van der Waals surface area (Å²) in [5.74, 6) is 2.91. The number of aromatic nitrogens is 1. The molecule has 1 heterocycles. The minimum atomic E-state index is 0.608. The fourth-order valence-corrected chi connectivity index (χ4v) is 1.97. The minimum absolute atomic E-state index is 0.608. The second kappa shape index (κ2) is 7.38. The molecule has 0 saturated heterocycles. The first-order valence-corrected chi connectivity index (χ1v) is 6.81. The quantitative estimate of drug-likeness (QED) is 0.848.